The van der Waals surface area contributed by atoms with Crippen molar-refractivity contribution in [3.05, 3.63) is 72.2 Å². The van der Waals surface area contributed by atoms with Crippen LogP contribution in [0.25, 0.3) is 11.0 Å². The molecule has 38 heavy (non-hydrogen) atoms. The molecule has 0 aliphatic rings. The largest absolute Gasteiger partial charge is 0.493 e. The first-order chi connectivity index (χ1) is 18.2. The quantitative estimate of drug-likeness (QED) is 0.335. The summed E-state index contributed by atoms with van der Waals surface area (Å²) in [7, 11) is 1.54. The molecule has 0 unspecified atom stereocenters. The first-order valence-corrected chi connectivity index (χ1v) is 12.4. The Kier molecular flexibility index (Phi) is 7.99. The molecule has 2 amide bonds. The van der Waals surface area contributed by atoms with Crippen LogP contribution in [0.3, 0.4) is 0 Å². The number of fused-ring (bicyclic) bond motifs is 1. The van der Waals surface area contributed by atoms with Gasteiger partial charge in [0.05, 0.1) is 32.0 Å². The third-order valence-corrected chi connectivity index (χ3v) is 5.79. The first-order valence-electron chi connectivity index (χ1n) is 12.4. The molecular weight excluding hydrogens is 486 g/mol. The summed E-state index contributed by atoms with van der Waals surface area (Å²) in [5, 5.41) is 11.4. The van der Waals surface area contributed by atoms with Gasteiger partial charge in [0.25, 0.3) is 0 Å². The Morgan fingerprint density at radius 3 is 2.58 bits per heavy atom. The predicted molar refractivity (Wildman–Crippen MR) is 142 cm³/mol. The number of benzene rings is 2. The lowest BCUT2D eigenvalue weighted by atomic mass is 10.0. The first kappa shape index (κ1) is 26.7. The minimum Gasteiger partial charge on any atom is -0.493 e. The van der Waals surface area contributed by atoms with E-state index in [1.165, 1.54) is 23.0 Å². The van der Waals surface area contributed by atoms with Crippen molar-refractivity contribution >= 4 is 22.8 Å². The normalized spacial score (nSPS) is 12.2. The molecule has 0 aliphatic carbocycles. The second kappa shape index (κ2) is 11.4. The van der Waals surface area contributed by atoms with Crippen LogP contribution in [-0.4, -0.2) is 51.0 Å². The zero-order valence-corrected chi connectivity index (χ0v) is 22.3. The van der Waals surface area contributed by atoms with Crippen LogP contribution in [-0.2, 0) is 22.7 Å². The Balaban J connectivity index is 1.78. The zero-order valence-electron chi connectivity index (χ0n) is 22.3. The summed E-state index contributed by atoms with van der Waals surface area (Å²) in [5.41, 5.74) is 1.43. The number of nitrogens with one attached hydrogen (secondary N) is 1. The number of para-hydroxylation sites is 1. The summed E-state index contributed by atoms with van der Waals surface area (Å²) in [6.07, 6.45) is 1.53. The van der Waals surface area contributed by atoms with Crippen LogP contribution in [0.15, 0.2) is 65.3 Å². The van der Waals surface area contributed by atoms with Crippen LogP contribution in [0.4, 0.5) is 0 Å². The van der Waals surface area contributed by atoms with E-state index in [4.69, 9.17) is 13.9 Å². The predicted octanol–water partition coefficient (Wildman–Crippen LogP) is 4.12. The molecule has 1 atom stereocenters. The van der Waals surface area contributed by atoms with Crippen LogP contribution < -0.4 is 14.8 Å². The highest BCUT2D eigenvalue weighted by molar-refractivity contribution is 5.89. The third kappa shape index (κ3) is 6.13. The molecule has 0 fully saturated rings. The molecule has 0 radical (unpaired) electrons. The number of carbonyl (C=O) groups excluding carboxylic acids is 2. The summed E-state index contributed by atoms with van der Waals surface area (Å²) in [6, 6.07) is 15.2. The second-order valence-corrected chi connectivity index (χ2v) is 9.82. The molecule has 2 aromatic heterocycles. The fourth-order valence-electron chi connectivity index (χ4n) is 4.19. The average molecular weight is 520 g/mol. The standard InChI is InChI=1S/C28H33N5O5/c1-6-37-23-14-13-19(16-24(23)36-5)26(27(35)29-28(2,3)4)32(17-20-10-9-15-38-20)25(34)18-33-22-12-8-7-11-21(22)30-31-33/h7-16,26H,6,17-18H2,1-5H3,(H,29,35)/t26-/m1/s1. The number of carbonyl (C=O) groups is 2. The Labute approximate surface area is 221 Å². The molecule has 200 valence electrons. The van der Waals surface area contributed by atoms with Gasteiger partial charge in [-0.1, -0.05) is 23.4 Å². The van der Waals surface area contributed by atoms with Crippen LogP contribution in [0.1, 0.15) is 45.1 Å². The number of hydrogen-bond donors (Lipinski definition) is 1. The molecule has 4 rings (SSSR count). The van der Waals surface area contributed by atoms with Crippen molar-refractivity contribution in [1.29, 1.82) is 0 Å². The van der Waals surface area contributed by atoms with Gasteiger partial charge in [-0.3, -0.25) is 9.59 Å². The van der Waals surface area contributed by atoms with Crippen LogP contribution >= 0.6 is 0 Å². The summed E-state index contributed by atoms with van der Waals surface area (Å²) in [6.45, 7) is 7.96. The number of amides is 2. The van der Waals surface area contributed by atoms with Crippen molar-refractivity contribution in [1.82, 2.24) is 25.2 Å². The van der Waals surface area contributed by atoms with Crippen LogP contribution in [0.2, 0.25) is 0 Å². The Bertz CT molecular complexity index is 1390. The summed E-state index contributed by atoms with van der Waals surface area (Å²) < 4.78 is 18.3. The highest BCUT2D eigenvalue weighted by Gasteiger charge is 2.35. The van der Waals surface area contributed by atoms with E-state index < -0.39 is 11.6 Å². The molecule has 1 N–H and O–H groups in total. The van der Waals surface area contributed by atoms with Crippen molar-refractivity contribution in [2.75, 3.05) is 13.7 Å². The molecule has 0 saturated carbocycles. The van der Waals surface area contributed by atoms with Gasteiger partial charge in [-0.15, -0.1) is 5.10 Å². The van der Waals surface area contributed by atoms with Crippen molar-refractivity contribution in [2.24, 2.45) is 0 Å². The Hall–Kier alpha value is -4.34. The maximum atomic E-state index is 13.9. The number of rotatable bonds is 10. The third-order valence-electron chi connectivity index (χ3n) is 5.79. The van der Waals surface area contributed by atoms with Gasteiger partial charge in [-0.25, -0.2) is 4.68 Å². The fourth-order valence-corrected chi connectivity index (χ4v) is 4.19. The molecule has 4 aromatic rings. The molecule has 0 spiro atoms. The van der Waals surface area contributed by atoms with Gasteiger partial charge in [0.15, 0.2) is 11.5 Å². The minimum atomic E-state index is -0.994. The van der Waals surface area contributed by atoms with Crippen LogP contribution in [0.5, 0.6) is 11.5 Å². The maximum absolute atomic E-state index is 13.9. The smallest absolute Gasteiger partial charge is 0.247 e. The number of methoxy groups -OCH3 is 1. The van der Waals surface area contributed by atoms with E-state index in [0.29, 0.717) is 34.9 Å². The van der Waals surface area contributed by atoms with Crippen molar-refractivity contribution in [2.45, 2.75) is 52.4 Å². The monoisotopic (exact) mass is 519 g/mol. The lowest BCUT2D eigenvalue weighted by Crippen LogP contribution is -2.49. The average Bonchev–Trinajstić information content (AvgIpc) is 3.53. The molecule has 10 nitrogen and oxygen atoms in total. The van der Waals surface area contributed by atoms with Crippen molar-refractivity contribution < 1.29 is 23.5 Å². The van der Waals surface area contributed by atoms with Gasteiger partial charge in [-0.2, -0.15) is 0 Å². The van der Waals surface area contributed by atoms with E-state index >= 15 is 0 Å². The number of aromatic nitrogens is 3. The van der Waals surface area contributed by atoms with Gasteiger partial charge in [-0.05, 0) is 69.7 Å². The molecular formula is C28H33N5O5. The number of furan rings is 1. The Morgan fingerprint density at radius 2 is 1.89 bits per heavy atom. The highest BCUT2D eigenvalue weighted by atomic mass is 16.5. The van der Waals surface area contributed by atoms with Crippen molar-refractivity contribution in [3.8, 4) is 11.5 Å². The van der Waals surface area contributed by atoms with Gasteiger partial charge in [0.1, 0.15) is 23.9 Å². The number of hydrogen-bond acceptors (Lipinski definition) is 7. The summed E-state index contributed by atoms with van der Waals surface area (Å²) in [4.78, 5) is 29.3. The summed E-state index contributed by atoms with van der Waals surface area (Å²) >= 11 is 0. The van der Waals surface area contributed by atoms with E-state index in [9.17, 15) is 9.59 Å². The molecule has 2 heterocycles. The van der Waals surface area contributed by atoms with Crippen molar-refractivity contribution in [3.63, 3.8) is 0 Å². The molecule has 2 aromatic carbocycles. The highest BCUT2D eigenvalue weighted by Crippen LogP contribution is 2.34. The molecule has 0 saturated heterocycles. The van der Waals surface area contributed by atoms with Gasteiger partial charge < -0.3 is 24.1 Å². The van der Waals surface area contributed by atoms with Gasteiger partial charge in [0, 0.05) is 5.54 Å². The minimum absolute atomic E-state index is 0.0657. The van der Waals surface area contributed by atoms with E-state index in [2.05, 4.69) is 15.6 Å². The molecule has 0 aliphatic heterocycles. The van der Waals surface area contributed by atoms with Gasteiger partial charge >= 0.3 is 0 Å². The van der Waals surface area contributed by atoms with E-state index in [-0.39, 0.29) is 24.9 Å². The molecule has 0 bridgehead atoms. The number of ether oxygens (including phenoxy) is 2. The van der Waals surface area contributed by atoms with Gasteiger partial charge in [0.2, 0.25) is 11.8 Å². The maximum Gasteiger partial charge on any atom is 0.247 e. The number of nitrogens with zero attached hydrogens (tertiary/aromatic N) is 4. The van der Waals surface area contributed by atoms with E-state index in [1.54, 1.807) is 30.3 Å². The summed E-state index contributed by atoms with van der Waals surface area (Å²) in [5.74, 6) is 0.872. The lowest BCUT2D eigenvalue weighted by Gasteiger charge is -2.33. The van der Waals surface area contributed by atoms with E-state index in [0.717, 1.165) is 5.52 Å². The second-order valence-electron chi connectivity index (χ2n) is 9.82. The Morgan fingerprint density at radius 1 is 1.11 bits per heavy atom. The molecule has 10 heteroatoms. The lowest BCUT2D eigenvalue weighted by molar-refractivity contribution is -0.143. The fraction of sp³-hybridized carbons (Fsp3) is 0.357. The SMILES string of the molecule is CCOc1ccc([C@H](C(=O)NC(C)(C)C)N(Cc2ccco2)C(=O)Cn2nnc3ccccc32)cc1OC. The zero-order chi connectivity index (χ0) is 27.3. The van der Waals surface area contributed by atoms with Crippen LogP contribution in [0, 0.1) is 0 Å². The van der Waals surface area contributed by atoms with E-state index in [1.807, 2.05) is 52.0 Å². The topological polar surface area (TPSA) is 112 Å².